The third kappa shape index (κ3) is 6.70. The quantitative estimate of drug-likeness (QED) is 0.353. The number of rotatable bonds is 5. The van der Waals surface area contributed by atoms with Gasteiger partial charge < -0.3 is 14.6 Å². The predicted octanol–water partition coefficient (Wildman–Crippen LogP) is 3.68. The zero-order valence-electron chi connectivity index (χ0n) is 21.3. The van der Waals surface area contributed by atoms with E-state index in [0.29, 0.717) is 67.2 Å². The first-order valence-electron chi connectivity index (χ1n) is 12.2. The number of nitrogens with zero attached hydrogens (tertiary/aromatic N) is 4. The van der Waals surface area contributed by atoms with Crippen molar-refractivity contribution in [2.75, 3.05) is 32.8 Å². The van der Waals surface area contributed by atoms with Gasteiger partial charge in [0.05, 0.1) is 11.1 Å². The van der Waals surface area contributed by atoms with Crippen LogP contribution in [0.4, 0.5) is 3.89 Å². The van der Waals surface area contributed by atoms with E-state index in [9.17, 15) is 17.1 Å². The van der Waals surface area contributed by atoms with Gasteiger partial charge in [0, 0.05) is 63.1 Å². The van der Waals surface area contributed by atoms with Gasteiger partial charge in [-0.1, -0.05) is 5.92 Å². The number of H-pyrrole nitrogens is 1. The Bertz CT molecular complexity index is 1490. The molecule has 5 rings (SSSR count). The Morgan fingerprint density at radius 1 is 1.23 bits per heavy atom. The lowest BCUT2D eigenvalue weighted by molar-refractivity contribution is 0.0477. The minimum atomic E-state index is -4.87. The summed E-state index contributed by atoms with van der Waals surface area (Å²) in [5.74, 6) is 3.38. The van der Waals surface area contributed by atoms with Crippen molar-refractivity contribution in [3.63, 3.8) is 0 Å². The van der Waals surface area contributed by atoms with Crippen LogP contribution in [0.15, 0.2) is 35.4 Å². The number of carbonyl (C=O) groups is 1. The van der Waals surface area contributed by atoms with E-state index < -0.39 is 15.1 Å². The molecule has 2 aliphatic heterocycles. The summed E-state index contributed by atoms with van der Waals surface area (Å²) in [7, 11) is -4.87. The molecule has 3 aromatic rings. The Morgan fingerprint density at radius 3 is 2.64 bits per heavy atom. The maximum absolute atomic E-state index is 13.6. The van der Waals surface area contributed by atoms with E-state index in [1.54, 1.807) is 18.3 Å². The molecule has 2 aromatic heterocycles. The second-order valence-electron chi connectivity index (χ2n) is 9.60. The highest BCUT2D eigenvalue weighted by Crippen LogP contribution is 2.28. The molecule has 2 fully saturated rings. The van der Waals surface area contributed by atoms with Crippen molar-refractivity contribution in [3.05, 3.63) is 53.0 Å². The molecule has 9 nitrogen and oxygen atoms in total. The number of amides is 1. The summed E-state index contributed by atoms with van der Waals surface area (Å²) in [5.41, 5.74) is 2.63. The summed E-state index contributed by atoms with van der Waals surface area (Å²) in [6.45, 7) is 5.36. The Kier molecular flexibility index (Phi) is 9.96. The van der Waals surface area contributed by atoms with Crippen LogP contribution in [0.1, 0.15) is 53.0 Å². The van der Waals surface area contributed by atoms with E-state index >= 15 is 0 Å². The Balaban J connectivity index is 0.00000210. The summed E-state index contributed by atoms with van der Waals surface area (Å²) in [5, 5.41) is 0. The average molecular weight is 599 g/mol. The fraction of sp³-hybridized carbons (Fsp3) is 0.423. The van der Waals surface area contributed by atoms with Crippen LogP contribution < -0.4 is 0 Å². The molecule has 1 aromatic carbocycles. The molecule has 0 aliphatic carbocycles. The highest BCUT2D eigenvalue weighted by atomic mass is 35.5. The van der Waals surface area contributed by atoms with Crippen LogP contribution in [0.25, 0.3) is 11.2 Å². The number of piperazine rings is 1. The van der Waals surface area contributed by atoms with Crippen LogP contribution >= 0.6 is 24.8 Å². The molecular formula is C26H30Cl2FN5O4S. The van der Waals surface area contributed by atoms with Crippen molar-refractivity contribution in [3.8, 4) is 12.3 Å². The SMILES string of the molecule is C#Cc1cc(CN2CCN(C(=O)c3ccnc4nc(C5CCOCC5)[nH]c34)[C@H](C)C2)cc(S(=O)(=O)F)c1.Cl.Cl. The van der Waals surface area contributed by atoms with Gasteiger partial charge >= 0.3 is 10.2 Å². The molecule has 2 aliphatic rings. The van der Waals surface area contributed by atoms with Gasteiger partial charge in [0.1, 0.15) is 10.7 Å². The highest BCUT2D eigenvalue weighted by Gasteiger charge is 2.30. The number of halogens is 3. The molecule has 2 saturated heterocycles. The van der Waals surface area contributed by atoms with Crippen LogP contribution in [0.2, 0.25) is 0 Å². The van der Waals surface area contributed by atoms with E-state index in [1.165, 1.54) is 6.07 Å². The van der Waals surface area contributed by atoms with Gasteiger partial charge in [0.25, 0.3) is 5.91 Å². The average Bonchev–Trinajstić information content (AvgIpc) is 3.33. The van der Waals surface area contributed by atoms with Gasteiger partial charge in [-0.15, -0.1) is 35.1 Å². The minimum Gasteiger partial charge on any atom is -0.381 e. The number of nitrogens with one attached hydrogen (secondary N) is 1. The van der Waals surface area contributed by atoms with E-state index in [4.69, 9.17) is 11.2 Å². The molecule has 0 saturated carbocycles. The van der Waals surface area contributed by atoms with Crippen LogP contribution in [0.5, 0.6) is 0 Å². The van der Waals surface area contributed by atoms with Gasteiger partial charge in [-0.3, -0.25) is 9.69 Å². The van der Waals surface area contributed by atoms with E-state index in [2.05, 4.69) is 25.8 Å². The number of aromatic nitrogens is 3. The fourth-order valence-electron chi connectivity index (χ4n) is 5.14. The second-order valence-corrected chi connectivity index (χ2v) is 10.9. The van der Waals surface area contributed by atoms with E-state index in [-0.39, 0.29) is 42.7 Å². The number of carbonyl (C=O) groups excluding carboxylic acids is 1. The third-order valence-corrected chi connectivity index (χ3v) is 7.84. The number of pyridine rings is 1. The van der Waals surface area contributed by atoms with E-state index in [0.717, 1.165) is 24.7 Å². The van der Waals surface area contributed by atoms with Crippen molar-refractivity contribution in [1.82, 2.24) is 24.8 Å². The van der Waals surface area contributed by atoms with Crippen molar-refractivity contribution in [1.29, 1.82) is 0 Å². The van der Waals surface area contributed by atoms with Gasteiger partial charge in [-0.25, -0.2) is 9.97 Å². The molecule has 39 heavy (non-hydrogen) atoms. The first-order valence-corrected chi connectivity index (χ1v) is 13.6. The maximum Gasteiger partial charge on any atom is 0.332 e. The first-order chi connectivity index (χ1) is 17.7. The fourth-order valence-corrected chi connectivity index (χ4v) is 5.70. The number of hydrogen-bond donors (Lipinski definition) is 1. The first kappa shape index (κ1) is 30.8. The summed E-state index contributed by atoms with van der Waals surface area (Å²) in [6, 6.07) is 5.75. The normalized spacial score (nSPS) is 18.7. The molecular weight excluding hydrogens is 568 g/mol. The zero-order chi connectivity index (χ0) is 26.2. The number of imidazole rings is 1. The summed E-state index contributed by atoms with van der Waals surface area (Å²) in [4.78, 5) is 29.5. The lowest BCUT2D eigenvalue weighted by Gasteiger charge is -2.40. The molecule has 210 valence electrons. The second kappa shape index (κ2) is 12.6. The molecule has 0 spiro atoms. The van der Waals surface area contributed by atoms with Gasteiger partial charge in [0.2, 0.25) is 0 Å². The summed E-state index contributed by atoms with van der Waals surface area (Å²) < 4.78 is 41.9. The lowest BCUT2D eigenvalue weighted by atomic mass is 10.00. The van der Waals surface area contributed by atoms with Crippen LogP contribution in [0, 0.1) is 12.3 Å². The van der Waals surface area contributed by atoms with Crippen LogP contribution in [-0.4, -0.2) is 78.0 Å². The van der Waals surface area contributed by atoms with Gasteiger partial charge in [0.15, 0.2) is 5.65 Å². The highest BCUT2D eigenvalue weighted by molar-refractivity contribution is 7.86. The molecule has 13 heteroatoms. The molecule has 1 N–H and O–H groups in total. The number of benzene rings is 1. The topological polar surface area (TPSA) is 108 Å². The number of aromatic amines is 1. The standard InChI is InChI=1S/C26H28FN5O4S.2ClH/c1-3-18-12-19(14-21(13-18)37(27,34)35)16-31-8-9-32(17(2)15-31)26(33)22-4-7-28-25-23(22)29-24(30-25)20-5-10-36-11-6-20;;/h1,4,7,12-14,17,20H,5-6,8-11,15-16H2,2H3,(H,28,29,30);2*1H/t17-;;/m1../s1. The van der Waals surface area contributed by atoms with Crippen molar-refractivity contribution in [2.24, 2.45) is 0 Å². The zero-order valence-corrected chi connectivity index (χ0v) is 23.7. The number of fused-ring (bicyclic) bond motifs is 1. The predicted molar refractivity (Wildman–Crippen MR) is 150 cm³/mol. The monoisotopic (exact) mass is 597 g/mol. The van der Waals surface area contributed by atoms with Crippen molar-refractivity contribution >= 4 is 52.1 Å². The number of ether oxygens (including phenoxy) is 1. The Hall–Kier alpha value is -2.75. The number of terminal acetylenes is 1. The third-order valence-electron chi connectivity index (χ3n) is 7.04. The van der Waals surface area contributed by atoms with Gasteiger partial charge in [-0.2, -0.15) is 8.42 Å². The van der Waals surface area contributed by atoms with Gasteiger partial charge in [-0.05, 0) is 49.6 Å². The minimum absolute atomic E-state index is 0. The Morgan fingerprint density at radius 2 is 1.97 bits per heavy atom. The lowest BCUT2D eigenvalue weighted by Crippen LogP contribution is -2.53. The molecule has 1 atom stereocenters. The summed E-state index contributed by atoms with van der Waals surface area (Å²) in [6.07, 6.45) is 8.81. The number of hydrogen-bond acceptors (Lipinski definition) is 7. The molecule has 0 unspecified atom stereocenters. The molecule has 1 amide bonds. The Labute approximate surface area is 239 Å². The van der Waals surface area contributed by atoms with E-state index in [1.807, 2.05) is 11.8 Å². The smallest absolute Gasteiger partial charge is 0.332 e. The molecule has 0 bridgehead atoms. The largest absolute Gasteiger partial charge is 0.381 e. The summed E-state index contributed by atoms with van der Waals surface area (Å²) >= 11 is 0. The van der Waals surface area contributed by atoms with Crippen molar-refractivity contribution < 1.29 is 21.8 Å². The maximum atomic E-state index is 13.6. The van der Waals surface area contributed by atoms with Crippen molar-refractivity contribution in [2.45, 2.75) is 43.2 Å². The molecule has 0 radical (unpaired) electrons. The molecule has 4 heterocycles. The van der Waals surface area contributed by atoms with Crippen LogP contribution in [-0.2, 0) is 21.5 Å². The van der Waals surface area contributed by atoms with Crippen LogP contribution in [0.3, 0.4) is 0 Å².